The van der Waals surface area contributed by atoms with E-state index in [-0.39, 0.29) is 23.0 Å². The second kappa shape index (κ2) is 6.92. The number of nitrogens with zero attached hydrogens (tertiary/aromatic N) is 6. The van der Waals surface area contributed by atoms with Gasteiger partial charge in [-0.3, -0.25) is 24.9 Å². The van der Waals surface area contributed by atoms with Crippen molar-refractivity contribution in [2.75, 3.05) is 5.32 Å². The van der Waals surface area contributed by atoms with E-state index in [1.165, 1.54) is 25.0 Å². The third-order valence-corrected chi connectivity index (χ3v) is 3.82. The zero-order chi connectivity index (χ0) is 18.8. The number of nitro groups is 1. The highest BCUT2D eigenvalue weighted by molar-refractivity contribution is 6.30. The fourth-order valence-electron chi connectivity index (χ4n) is 2.53. The Morgan fingerprint density at radius 2 is 2.15 bits per heavy atom. The minimum Gasteiger partial charge on any atom is -0.288 e. The number of amides is 1. The maximum atomic E-state index is 12.4. The van der Waals surface area contributed by atoms with Crippen molar-refractivity contribution in [1.29, 1.82) is 0 Å². The Kier molecular flexibility index (Phi) is 4.67. The van der Waals surface area contributed by atoms with Gasteiger partial charge in [-0.05, 0) is 24.6 Å². The van der Waals surface area contributed by atoms with E-state index < -0.39 is 10.8 Å². The van der Waals surface area contributed by atoms with Crippen molar-refractivity contribution in [3.63, 3.8) is 0 Å². The van der Waals surface area contributed by atoms with Crippen molar-refractivity contribution >= 4 is 29.1 Å². The molecule has 1 aromatic carbocycles. The Bertz CT molecular complexity index is 995. The van der Waals surface area contributed by atoms with Crippen LogP contribution in [0.25, 0.3) is 0 Å². The summed E-state index contributed by atoms with van der Waals surface area (Å²) in [6.45, 7) is 1.88. The normalized spacial score (nSPS) is 10.7. The summed E-state index contributed by atoms with van der Waals surface area (Å²) in [5, 5.41) is 22.3. The van der Waals surface area contributed by atoms with Gasteiger partial charge in [-0.25, -0.2) is 9.67 Å². The highest BCUT2D eigenvalue weighted by Crippen LogP contribution is 2.22. The number of aryl methyl sites for hydroxylation is 2. The average molecular weight is 376 g/mol. The molecule has 0 bridgehead atoms. The molecule has 1 amide bonds. The number of benzene rings is 1. The predicted octanol–water partition coefficient (Wildman–Crippen LogP) is 2.18. The van der Waals surface area contributed by atoms with Crippen LogP contribution in [-0.4, -0.2) is 35.4 Å². The lowest BCUT2D eigenvalue weighted by Gasteiger charge is -2.02. The summed E-state index contributed by atoms with van der Waals surface area (Å²) >= 11 is 5.94. The zero-order valence-electron chi connectivity index (χ0n) is 13.9. The fraction of sp³-hybridized carbons (Fsp3) is 0.200. The van der Waals surface area contributed by atoms with Crippen LogP contribution in [0.2, 0.25) is 5.02 Å². The van der Waals surface area contributed by atoms with Crippen molar-refractivity contribution in [3.8, 4) is 0 Å². The molecule has 3 aromatic rings. The third kappa shape index (κ3) is 3.54. The molecule has 0 unspecified atom stereocenters. The van der Waals surface area contributed by atoms with Crippen LogP contribution in [0.3, 0.4) is 0 Å². The lowest BCUT2D eigenvalue weighted by molar-refractivity contribution is -0.385. The molecular weight excluding hydrogens is 362 g/mol. The van der Waals surface area contributed by atoms with Crippen LogP contribution in [-0.2, 0) is 13.6 Å². The van der Waals surface area contributed by atoms with Crippen LogP contribution in [0.5, 0.6) is 0 Å². The molecule has 0 aliphatic carbocycles. The lowest BCUT2D eigenvalue weighted by atomic mass is 10.2. The Labute approximate surface area is 152 Å². The molecule has 26 heavy (non-hydrogen) atoms. The van der Waals surface area contributed by atoms with Crippen molar-refractivity contribution in [3.05, 3.63) is 62.7 Å². The van der Waals surface area contributed by atoms with E-state index in [4.69, 9.17) is 11.6 Å². The number of halogens is 1. The number of aromatic nitrogens is 5. The lowest BCUT2D eigenvalue weighted by Crippen LogP contribution is -2.18. The summed E-state index contributed by atoms with van der Waals surface area (Å²) in [4.78, 5) is 26.9. The number of hydrogen-bond donors (Lipinski definition) is 1. The van der Waals surface area contributed by atoms with Crippen molar-refractivity contribution in [1.82, 2.24) is 24.5 Å². The first-order valence-corrected chi connectivity index (χ1v) is 7.86. The number of hydrogen-bond acceptors (Lipinski definition) is 6. The molecule has 0 saturated carbocycles. The van der Waals surface area contributed by atoms with E-state index in [0.717, 1.165) is 10.2 Å². The molecule has 2 heterocycles. The minimum atomic E-state index is -0.708. The highest BCUT2D eigenvalue weighted by atomic mass is 35.5. The molecule has 0 spiro atoms. The van der Waals surface area contributed by atoms with Crippen molar-refractivity contribution in [2.45, 2.75) is 13.5 Å². The number of anilines is 1. The Morgan fingerprint density at radius 1 is 1.38 bits per heavy atom. The summed E-state index contributed by atoms with van der Waals surface area (Å²) in [6, 6.07) is 7.26. The summed E-state index contributed by atoms with van der Waals surface area (Å²) in [5.74, 6) is -0.675. The maximum Gasteiger partial charge on any atom is 0.322 e. The monoisotopic (exact) mass is 375 g/mol. The summed E-state index contributed by atoms with van der Waals surface area (Å²) in [6.07, 6.45) is 1.44. The van der Waals surface area contributed by atoms with Crippen LogP contribution in [0.4, 0.5) is 11.6 Å². The van der Waals surface area contributed by atoms with Crippen molar-refractivity contribution in [2.24, 2.45) is 7.05 Å². The molecule has 0 aliphatic rings. The van der Waals surface area contributed by atoms with E-state index >= 15 is 0 Å². The van der Waals surface area contributed by atoms with Gasteiger partial charge < -0.3 is 0 Å². The van der Waals surface area contributed by atoms with E-state index in [9.17, 15) is 14.9 Å². The topological polar surface area (TPSA) is 121 Å². The molecule has 0 atom stereocenters. The number of carbonyl (C=O) groups excluding carboxylic acids is 1. The highest BCUT2D eigenvalue weighted by Gasteiger charge is 2.29. The van der Waals surface area contributed by atoms with Crippen LogP contribution in [0, 0.1) is 17.0 Å². The Balaban J connectivity index is 1.77. The van der Waals surface area contributed by atoms with E-state index in [1.807, 2.05) is 12.1 Å². The van der Waals surface area contributed by atoms with Gasteiger partial charge in [-0.1, -0.05) is 23.7 Å². The minimum absolute atomic E-state index is 0.0326. The van der Waals surface area contributed by atoms with E-state index in [0.29, 0.717) is 11.6 Å². The van der Waals surface area contributed by atoms with Gasteiger partial charge in [0.15, 0.2) is 0 Å². The smallest absolute Gasteiger partial charge is 0.288 e. The first-order valence-electron chi connectivity index (χ1n) is 7.48. The second-order valence-electron chi connectivity index (χ2n) is 5.51. The maximum absolute atomic E-state index is 12.4. The number of carbonyl (C=O) groups is 1. The molecule has 134 valence electrons. The first-order chi connectivity index (χ1) is 12.3. The number of nitrogens with one attached hydrogen (secondary N) is 1. The van der Waals surface area contributed by atoms with Crippen LogP contribution < -0.4 is 5.32 Å². The van der Waals surface area contributed by atoms with Gasteiger partial charge in [-0.15, -0.1) is 5.10 Å². The van der Waals surface area contributed by atoms with Gasteiger partial charge >= 0.3 is 5.69 Å². The molecule has 11 heteroatoms. The summed E-state index contributed by atoms with van der Waals surface area (Å²) < 4.78 is 2.68. The van der Waals surface area contributed by atoms with E-state index in [1.54, 1.807) is 12.1 Å². The van der Waals surface area contributed by atoms with Crippen LogP contribution in [0.15, 0.2) is 30.6 Å². The predicted molar refractivity (Wildman–Crippen MR) is 93.1 cm³/mol. The molecule has 1 N–H and O–H groups in total. The van der Waals surface area contributed by atoms with Gasteiger partial charge in [0, 0.05) is 12.1 Å². The Morgan fingerprint density at radius 3 is 2.85 bits per heavy atom. The summed E-state index contributed by atoms with van der Waals surface area (Å²) in [5.41, 5.74) is 0.558. The van der Waals surface area contributed by atoms with Gasteiger partial charge in [0.2, 0.25) is 11.6 Å². The molecule has 0 radical (unpaired) electrons. The Hall–Kier alpha value is -3.27. The largest absolute Gasteiger partial charge is 0.322 e. The molecule has 0 saturated heterocycles. The second-order valence-corrected chi connectivity index (χ2v) is 5.95. The quantitative estimate of drug-likeness (QED) is 0.539. The average Bonchev–Trinajstić information content (AvgIpc) is 3.10. The van der Waals surface area contributed by atoms with Crippen LogP contribution in [0.1, 0.15) is 21.7 Å². The standard InChI is InChI=1S/C15H14ClN7O3/c1-9-12(23(25)26)13(21(2)19-9)14(24)18-15-17-8-22(20-15)7-10-4-3-5-11(16)6-10/h3-6,8H,7H2,1-2H3,(H,18,20,24). The van der Waals surface area contributed by atoms with Gasteiger partial charge in [0.25, 0.3) is 5.91 Å². The SMILES string of the molecule is Cc1nn(C)c(C(=O)Nc2ncn(Cc3cccc(Cl)c3)n2)c1[N+](=O)[O-]. The number of rotatable bonds is 5. The summed E-state index contributed by atoms with van der Waals surface area (Å²) in [7, 11) is 1.46. The zero-order valence-corrected chi connectivity index (χ0v) is 14.6. The molecular formula is C15H14ClN7O3. The molecule has 10 nitrogen and oxygen atoms in total. The first kappa shape index (κ1) is 17.5. The van der Waals surface area contributed by atoms with Gasteiger partial charge in [0.1, 0.15) is 12.0 Å². The van der Waals surface area contributed by atoms with Gasteiger partial charge in [-0.2, -0.15) is 5.10 Å². The fourth-order valence-corrected chi connectivity index (χ4v) is 2.74. The van der Waals surface area contributed by atoms with Crippen LogP contribution >= 0.6 is 11.6 Å². The van der Waals surface area contributed by atoms with E-state index in [2.05, 4.69) is 20.5 Å². The molecule has 2 aromatic heterocycles. The molecule has 3 rings (SSSR count). The third-order valence-electron chi connectivity index (χ3n) is 3.58. The molecule has 0 aliphatic heterocycles. The molecule has 0 fully saturated rings. The van der Waals surface area contributed by atoms with Gasteiger partial charge in [0.05, 0.1) is 11.5 Å². The van der Waals surface area contributed by atoms with Crippen molar-refractivity contribution < 1.29 is 9.72 Å².